The lowest BCUT2D eigenvalue weighted by molar-refractivity contribution is 1.08. The number of nitriles is 1. The zero-order valence-corrected chi connectivity index (χ0v) is 12.4. The molecule has 92 valence electrons. The summed E-state index contributed by atoms with van der Waals surface area (Å²) in [5.74, 6) is 0. The molecule has 1 N–H and O–H groups in total. The summed E-state index contributed by atoms with van der Waals surface area (Å²) < 4.78 is 0.830. The Morgan fingerprint density at radius 2 is 2.22 bits per heavy atom. The first-order chi connectivity index (χ1) is 8.74. The van der Waals surface area contributed by atoms with Crippen LogP contribution in [0.2, 0.25) is 0 Å². The Kier molecular flexibility index (Phi) is 4.40. The van der Waals surface area contributed by atoms with Crippen molar-refractivity contribution in [1.82, 2.24) is 0 Å². The Morgan fingerprint density at radius 3 is 2.89 bits per heavy atom. The zero-order valence-electron chi connectivity index (χ0n) is 10.0. The summed E-state index contributed by atoms with van der Waals surface area (Å²) in [5.41, 5.74) is 3.09. The number of nitrogens with zero attached hydrogens (tertiary/aromatic N) is 1. The van der Waals surface area contributed by atoms with Gasteiger partial charge in [0.05, 0.1) is 5.56 Å². The van der Waals surface area contributed by atoms with Crippen LogP contribution in [0.1, 0.15) is 22.9 Å². The Bertz CT molecular complexity index is 584. The van der Waals surface area contributed by atoms with Gasteiger partial charge in [-0.15, -0.1) is 11.3 Å². The number of anilines is 1. The van der Waals surface area contributed by atoms with Crippen molar-refractivity contribution in [1.29, 1.82) is 5.26 Å². The van der Waals surface area contributed by atoms with E-state index in [4.69, 9.17) is 5.26 Å². The van der Waals surface area contributed by atoms with Crippen LogP contribution in [-0.2, 0) is 13.0 Å². The molecule has 1 aromatic heterocycles. The summed E-state index contributed by atoms with van der Waals surface area (Å²) in [7, 11) is 0. The smallest absolute Gasteiger partial charge is 0.100 e. The zero-order chi connectivity index (χ0) is 13.0. The molecule has 1 aromatic carbocycles. The van der Waals surface area contributed by atoms with Gasteiger partial charge >= 0.3 is 0 Å². The van der Waals surface area contributed by atoms with Gasteiger partial charge in [-0.1, -0.05) is 6.92 Å². The molecule has 0 aliphatic carbocycles. The van der Waals surface area contributed by atoms with Crippen LogP contribution >= 0.6 is 27.3 Å². The average Bonchev–Trinajstić information content (AvgIpc) is 2.84. The molecule has 0 saturated heterocycles. The molecule has 0 radical (unpaired) electrons. The van der Waals surface area contributed by atoms with Crippen molar-refractivity contribution in [3.8, 4) is 6.07 Å². The molecule has 0 aliphatic rings. The van der Waals surface area contributed by atoms with Crippen LogP contribution in [0.15, 0.2) is 34.1 Å². The van der Waals surface area contributed by atoms with Crippen molar-refractivity contribution in [3.05, 3.63) is 50.1 Å². The van der Waals surface area contributed by atoms with Gasteiger partial charge in [0.1, 0.15) is 6.07 Å². The van der Waals surface area contributed by atoms with Gasteiger partial charge in [-0.25, -0.2) is 0 Å². The predicted octanol–water partition coefficient (Wildman–Crippen LogP) is 4.56. The van der Waals surface area contributed by atoms with Crippen molar-refractivity contribution in [2.45, 2.75) is 19.9 Å². The number of aryl methyl sites for hydroxylation is 1. The van der Waals surface area contributed by atoms with E-state index in [1.165, 1.54) is 10.4 Å². The second-order valence-corrected chi connectivity index (χ2v) is 5.74. The molecule has 0 fully saturated rings. The molecule has 2 aromatic rings. The topological polar surface area (TPSA) is 35.8 Å². The standard InChI is InChI=1S/C14H13BrN2S/c1-2-10-5-6-18-14(10)9-17-12-4-3-11(8-16)13(15)7-12/h3-7,17H,2,9H2,1H3. The largest absolute Gasteiger partial charge is 0.380 e. The van der Waals surface area contributed by atoms with Gasteiger partial charge in [0.25, 0.3) is 0 Å². The molecule has 0 atom stereocenters. The Labute approximate surface area is 119 Å². The summed E-state index contributed by atoms with van der Waals surface area (Å²) in [4.78, 5) is 1.37. The normalized spacial score (nSPS) is 10.1. The molecule has 0 aliphatic heterocycles. The lowest BCUT2D eigenvalue weighted by atomic mass is 10.2. The van der Waals surface area contributed by atoms with Crippen molar-refractivity contribution in [2.75, 3.05) is 5.32 Å². The van der Waals surface area contributed by atoms with Crippen molar-refractivity contribution in [2.24, 2.45) is 0 Å². The second-order valence-electron chi connectivity index (χ2n) is 3.88. The molecule has 0 unspecified atom stereocenters. The van der Waals surface area contributed by atoms with Gasteiger partial charge in [0.2, 0.25) is 0 Å². The third-order valence-corrected chi connectivity index (χ3v) is 4.38. The maximum absolute atomic E-state index is 8.86. The van der Waals surface area contributed by atoms with Gasteiger partial charge < -0.3 is 5.32 Å². The summed E-state index contributed by atoms with van der Waals surface area (Å²) in [6, 6.07) is 10.0. The highest BCUT2D eigenvalue weighted by atomic mass is 79.9. The Morgan fingerprint density at radius 1 is 1.39 bits per heavy atom. The van der Waals surface area contributed by atoms with Crippen LogP contribution in [0.5, 0.6) is 0 Å². The minimum Gasteiger partial charge on any atom is -0.380 e. The fourth-order valence-electron chi connectivity index (χ4n) is 1.74. The highest BCUT2D eigenvalue weighted by molar-refractivity contribution is 9.10. The van der Waals surface area contributed by atoms with Gasteiger partial charge in [-0.05, 0) is 57.6 Å². The minimum atomic E-state index is 0.658. The Hall–Kier alpha value is -1.31. The van der Waals surface area contributed by atoms with Crippen molar-refractivity contribution >= 4 is 33.0 Å². The Balaban J connectivity index is 2.07. The van der Waals surface area contributed by atoms with E-state index in [0.717, 1.165) is 23.1 Å². The molecular weight excluding hydrogens is 308 g/mol. The second kappa shape index (κ2) is 6.03. The first-order valence-electron chi connectivity index (χ1n) is 5.73. The molecule has 0 spiro atoms. The number of hydrogen-bond acceptors (Lipinski definition) is 3. The molecular formula is C14H13BrN2S. The van der Waals surface area contributed by atoms with E-state index in [1.54, 1.807) is 11.3 Å². The maximum Gasteiger partial charge on any atom is 0.100 e. The molecule has 2 nitrogen and oxygen atoms in total. The molecule has 0 saturated carbocycles. The van der Waals surface area contributed by atoms with E-state index < -0.39 is 0 Å². The molecule has 18 heavy (non-hydrogen) atoms. The molecule has 0 amide bonds. The van der Waals surface area contributed by atoms with E-state index in [1.807, 2.05) is 18.2 Å². The fraction of sp³-hybridized carbons (Fsp3) is 0.214. The molecule has 4 heteroatoms. The summed E-state index contributed by atoms with van der Waals surface area (Å²) in [5, 5.41) is 14.4. The maximum atomic E-state index is 8.86. The third-order valence-electron chi connectivity index (χ3n) is 2.76. The quantitative estimate of drug-likeness (QED) is 0.896. The average molecular weight is 321 g/mol. The van der Waals surface area contributed by atoms with Crippen LogP contribution in [0.4, 0.5) is 5.69 Å². The van der Waals surface area contributed by atoms with E-state index in [-0.39, 0.29) is 0 Å². The number of nitrogens with one attached hydrogen (secondary N) is 1. The van der Waals surface area contributed by atoms with Gasteiger partial charge in [-0.3, -0.25) is 0 Å². The number of halogens is 1. The highest BCUT2D eigenvalue weighted by Crippen LogP contribution is 2.23. The third kappa shape index (κ3) is 2.92. The van der Waals surface area contributed by atoms with Crippen molar-refractivity contribution < 1.29 is 0 Å². The lowest BCUT2D eigenvalue weighted by Crippen LogP contribution is -1.99. The van der Waals surface area contributed by atoms with E-state index in [2.05, 4.69) is 45.7 Å². The van der Waals surface area contributed by atoms with E-state index in [0.29, 0.717) is 5.56 Å². The SMILES string of the molecule is CCc1ccsc1CNc1ccc(C#N)c(Br)c1. The number of benzene rings is 1. The lowest BCUT2D eigenvalue weighted by Gasteiger charge is -2.07. The fourth-order valence-corrected chi connectivity index (χ4v) is 3.12. The summed E-state index contributed by atoms with van der Waals surface area (Å²) in [6.45, 7) is 3.00. The van der Waals surface area contributed by atoms with Crippen LogP contribution in [0.25, 0.3) is 0 Å². The monoisotopic (exact) mass is 320 g/mol. The van der Waals surface area contributed by atoms with E-state index in [9.17, 15) is 0 Å². The first kappa shape index (κ1) is 13.1. The van der Waals surface area contributed by atoms with Gasteiger partial charge in [0, 0.05) is 21.6 Å². The summed E-state index contributed by atoms with van der Waals surface area (Å²) >= 11 is 5.17. The number of hydrogen-bond donors (Lipinski definition) is 1. The summed E-state index contributed by atoms with van der Waals surface area (Å²) in [6.07, 6.45) is 1.07. The van der Waals surface area contributed by atoms with Gasteiger partial charge in [0.15, 0.2) is 0 Å². The highest BCUT2D eigenvalue weighted by Gasteiger charge is 2.04. The van der Waals surface area contributed by atoms with Crippen LogP contribution < -0.4 is 5.32 Å². The predicted molar refractivity (Wildman–Crippen MR) is 79.9 cm³/mol. The van der Waals surface area contributed by atoms with E-state index >= 15 is 0 Å². The molecule has 1 heterocycles. The first-order valence-corrected chi connectivity index (χ1v) is 7.40. The molecule has 2 rings (SSSR count). The van der Waals surface area contributed by atoms with Crippen molar-refractivity contribution in [3.63, 3.8) is 0 Å². The molecule has 0 bridgehead atoms. The minimum absolute atomic E-state index is 0.658. The van der Waals surface area contributed by atoms with Gasteiger partial charge in [-0.2, -0.15) is 5.26 Å². The number of rotatable bonds is 4. The van der Waals surface area contributed by atoms with Crippen LogP contribution in [0, 0.1) is 11.3 Å². The van der Waals surface area contributed by atoms with Crippen LogP contribution in [0.3, 0.4) is 0 Å². The van der Waals surface area contributed by atoms with Crippen LogP contribution in [-0.4, -0.2) is 0 Å². The number of thiophene rings is 1.